The fourth-order valence-electron chi connectivity index (χ4n) is 3.99. The van der Waals surface area contributed by atoms with Crippen molar-refractivity contribution in [1.29, 1.82) is 0 Å². The first kappa shape index (κ1) is 22.9. The van der Waals surface area contributed by atoms with Crippen LogP contribution in [-0.2, 0) is 22.2 Å². The zero-order chi connectivity index (χ0) is 23.8. The summed E-state index contributed by atoms with van der Waals surface area (Å²) < 4.78 is 38.4. The molecular formula is C24H26N2O6S. The number of phenols is 1. The normalized spacial score (nSPS) is 15.6. The Morgan fingerprint density at radius 2 is 1.76 bits per heavy atom. The monoisotopic (exact) mass is 470 g/mol. The van der Waals surface area contributed by atoms with E-state index in [1.54, 1.807) is 24.3 Å². The third-order valence-corrected chi connectivity index (χ3v) is 6.66. The summed E-state index contributed by atoms with van der Waals surface area (Å²) >= 11 is 0. The molecule has 0 aromatic heterocycles. The number of aromatic hydroxyl groups is 1. The van der Waals surface area contributed by atoms with Crippen LogP contribution in [0.15, 0.2) is 66.7 Å². The van der Waals surface area contributed by atoms with E-state index in [4.69, 9.17) is 15.2 Å². The van der Waals surface area contributed by atoms with Gasteiger partial charge in [0.15, 0.2) is 11.5 Å². The maximum Gasteiger partial charge on any atom is 0.232 e. The third kappa shape index (κ3) is 4.75. The van der Waals surface area contributed by atoms with Gasteiger partial charge in [0.05, 0.1) is 18.0 Å². The number of hydrogen-bond donors (Lipinski definition) is 3. The number of phenolic OH excluding ortho intramolecular Hbond substituents is 1. The van der Waals surface area contributed by atoms with E-state index >= 15 is 0 Å². The summed E-state index contributed by atoms with van der Waals surface area (Å²) in [5, 5.41) is 21.3. The van der Waals surface area contributed by atoms with E-state index in [1.165, 1.54) is 19.1 Å². The molecule has 2 atom stereocenters. The van der Waals surface area contributed by atoms with Crippen molar-refractivity contribution < 1.29 is 28.1 Å². The van der Waals surface area contributed by atoms with E-state index in [0.717, 1.165) is 16.1 Å². The maximum atomic E-state index is 13.1. The number of fused-ring (bicyclic) bond motifs is 1. The van der Waals surface area contributed by atoms with Gasteiger partial charge < -0.3 is 19.7 Å². The Kier molecular flexibility index (Phi) is 5.96. The average molecular weight is 471 g/mol. The zero-order valence-electron chi connectivity index (χ0n) is 18.3. The van der Waals surface area contributed by atoms with Crippen LogP contribution in [0.3, 0.4) is 0 Å². The summed E-state index contributed by atoms with van der Waals surface area (Å²) in [6.45, 7) is 1.41. The number of nitrogens with zero attached hydrogens (tertiary/aromatic N) is 1. The minimum Gasteiger partial charge on any atom is -0.505 e. The van der Waals surface area contributed by atoms with Crippen LogP contribution in [0, 0.1) is 0 Å². The molecule has 33 heavy (non-hydrogen) atoms. The molecule has 0 saturated heterocycles. The standard InChI is InChI=1S/C24H26N2O6S/c1-24(25,28)18-9-6-10-19(23(18)27)26(33(2,29)30)20(13-16-7-4-3-5-8-16)17-11-12-21-22(14-17)32-15-31-21/h3-12,14,20,27-28H,13,15,25H2,1-2H3. The van der Waals surface area contributed by atoms with Crippen molar-refractivity contribution in [2.75, 3.05) is 17.4 Å². The molecule has 3 aromatic carbocycles. The minimum absolute atomic E-state index is 0.0118. The number of anilines is 1. The zero-order valence-corrected chi connectivity index (χ0v) is 19.1. The van der Waals surface area contributed by atoms with Crippen molar-refractivity contribution in [1.82, 2.24) is 0 Å². The van der Waals surface area contributed by atoms with Crippen LogP contribution in [0.2, 0.25) is 0 Å². The molecule has 8 nitrogen and oxygen atoms in total. The quantitative estimate of drug-likeness (QED) is 0.454. The van der Waals surface area contributed by atoms with Crippen molar-refractivity contribution >= 4 is 15.7 Å². The van der Waals surface area contributed by atoms with Gasteiger partial charge in [0.2, 0.25) is 16.8 Å². The molecule has 0 spiro atoms. The predicted octanol–water partition coefficient (Wildman–Crippen LogP) is 2.99. The van der Waals surface area contributed by atoms with E-state index in [-0.39, 0.29) is 18.0 Å². The van der Waals surface area contributed by atoms with Gasteiger partial charge >= 0.3 is 0 Å². The molecule has 0 bridgehead atoms. The van der Waals surface area contributed by atoms with Gasteiger partial charge in [0.1, 0.15) is 11.5 Å². The van der Waals surface area contributed by atoms with Crippen LogP contribution in [-0.4, -0.2) is 31.7 Å². The van der Waals surface area contributed by atoms with Gasteiger partial charge in [-0.25, -0.2) is 8.42 Å². The van der Waals surface area contributed by atoms with Gasteiger partial charge in [-0.15, -0.1) is 0 Å². The fraction of sp³-hybridized carbons (Fsp3) is 0.250. The van der Waals surface area contributed by atoms with E-state index in [2.05, 4.69) is 0 Å². The predicted molar refractivity (Wildman–Crippen MR) is 125 cm³/mol. The lowest BCUT2D eigenvalue weighted by Gasteiger charge is -2.34. The molecule has 9 heteroatoms. The topological polar surface area (TPSA) is 122 Å². The lowest BCUT2D eigenvalue weighted by atomic mass is 9.97. The third-order valence-electron chi connectivity index (χ3n) is 5.49. The van der Waals surface area contributed by atoms with Crippen LogP contribution in [0.1, 0.15) is 29.7 Å². The summed E-state index contributed by atoms with van der Waals surface area (Å²) in [7, 11) is -3.91. The van der Waals surface area contributed by atoms with Crippen molar-refractivity contribution in [2.45, 2.75) is 25.1 Å². The molecule has 1 aliphatic rings. The molecular weight excluding hydrogens is 444 g/mol. The van der Waals surface area contributed by atoms with Crippen molar-refractivity contribution in [3.05, 3.63) is 83.4 Å². The number of sulfonamides is 1. The first-order valence-corrected chi connectivity index (χ1v) is 12.2. The SMILES string of the molecule is CC(N)(O)c1cccc(N(C(Cc2ccccc2)c2ccc3c(c2)OCO3)S(C)(=O)=O)c1O. The van der Waals surface area contributed by atoms with Gasteiger partial charge in [-0.2, -0.15) is 0 Å². The second-order valence-corrected chi connectivity index (χ2v) is 10.1. The van der Waals surface area contributed by atoms with Crippen LogP contribution >= 0.6 is 0 Å². The Hall–Kier alpha value is -3.27. The lowest BCUT2D eigenvalue weighted by molar-refractivity contribution is 0.0621. The number of ether oxygens (including phenoxy) is 2. The fourth-order valence-corrected chi connectivity index (χ4v) is 5.15. The first-order chi connectivity index (χ1) is 15.6. The number of aliphatic hydroxyl groups is 1. The molecule has 4 N–H and O–H groups in total. The number of nitrogens with two attached hydrogens (primary N) is 1. The molecule has 0 amide bonds. The minimum atomic E-state index is -3.91. The van der Waals surface area contributed by atoms with E-state index < -0.39 is 27.5 Å². The first-order valence-electron chi connectivity index (χ1n) is 10.3. The van der Waals surface area contributed by atoms with Crippen LogP contribution in [0.5, 0.6) is 17.2 Å². The highest BCUT2D eigenvalue weighted by Crippen LogP contribution is 2.43. The van der Waals surface area contributed by atoms with Crippen molar-refractivity contribution in [3.8, 4) is 17.2 Å². The lowest BCUT2D eigenvalue weighted by Crippen LogP contribution is -2.37. The van der Waals surface area contributed by atoms with Crippen LogP contribution in [0.4, 0.5) is 5.69 Å². The molecule has 2 unspecified atom stereocenters. The molecule has 3 aromatic rings. The number of para-hydroxylation sites is 1. The van der Waals surface area contributed by atoms with Gasteiger partial charge in [-0.05, 0) is 42.7 Å². The molecule has 0 radical (unpaired) electrons. The molecule has 0 saturated carbocycles. The molecule has 0 aliphatic carbocycles. The summed E-state index contributed by atoms with van der Waals surface area (Å²) in [5.41, 5.74) is 5.52. The molecule has 174 valence electrons. The van der Waals surface area contributed by atoms with Gasteiger partial charge in [0, 0.05) is 5.56 Å². The second-order valence-electron chi connectivity index (χ2n) is 8.20. The highest BCUT2D eigenvalue weighted by Gasteiger charge is 2.34. The summed E-state index contributed by atoms with van der Waals surface area (Å²) in [4.78, 5) is 0. The number of hydrogen-bond acceptors (Lipinski definition) is 7. The number of rotatable bonds is 7. The van der Waals surface area contributed by atoms with Crippen molar-refractivity contribution in [3.63, 3.8) is 0 Å². The Labute approximate surface area is 192 Å². The molecule has 1 heterocycles. The van der Waals surface area contributed by atoms with Crippen LogP contribution in [0.25, 0.3) is 0 Å². The second kappa shape index (κ2) is 8.58. The molecule has 0 fully saturated rings. The Balaban J connectivity index is 1.91. The van der Waals surface area contributed by atoms with Crippen LogP contribution < -0.4 is 19.5 Å². The Morgan fingerprint density at radius 1 is 1.06 bits per heavy atom. The summed E-state index contributed by atoms with van der Waals surface area (Å²) in [5.74, 6) is 0.684. The van der Waals surface area contributed by atoms with Gasteiger partial charge in [-0.3, -0.25) is 10.0 Å². The Morgan fingerprint density at radius 3 is 2.42 bits per heavy atom. The van der Waals surface area contributed by atoms with E-state index in [1.807, 2.05) is 30.3 Å². The summed E-state index contributed by atoms with van der Waals surface area (Å²) in [6, 6.07) is 18.4. The smallest absolute Gasteiger partial charge is 0.232 e. The highest BCUT2D eigenvalue weighted by molar-refractivity contribution is 7.92. The summed E-state index contributed by atoms with van der Waals surface area (Å²) in [6.07, 6.45) is 1.39. The maximum absolute atomic E-state index is 13.1. The largest absolute Gasteiger partial charge is 0.505 e. The average Bonchev–Trinajstić information content (AvgIpc) is 3.21. The van der Waals surface area contributed by atoms with E-state index in [0.29, 0.717) is 23.5 Å². The van der Waals surface area contributed by atoms with Gasteiger partial charge in [0.25, 0.3) is 0 Å². The van der Waals surface area contributed by atoms with Crippen molar-refractivity contribution in [2.24, 2.45) is 5.73 Å². The molecule has 1 aliphatic heterocycles. The van der Waals surface area contributed by atoms with Gasteiger partial charge in [-0.1, -0.05) is 48.5 Å². The highest BCUT2D eigenvalue weighted by atomic mass is 32.2. The van der Waals surface area contributed by atoms with E-state index in [9.17, 15) is 18.6 Å². The Bertz CT molecular complexity index is 1260. The molecule has 4 rings (SSSR count). The number of benzene rings is 3.